The molecule has 1 fully saturated rings. The number of carbonyl (C=O) groups excluding carboxylic acids is 4. The second-order valence-electron chi connectivity index (χ2n) is 5.82. The van der Waals surface area contributed by atoms with Gasteiger partial charge in [-0.05, 0) is 12.1 Å². The first-order chi connectivity index (χ1) is 15.4. The summed E-state index contributed by atoms with van der Waals surface area (Å²) in [6.45, 7) is 3.09. The molecular weight excluding hydrogens is 388 g/mol. The van der Waals surface area contributed by atoms with E-state index in [0.29, 0.717) is 0 Å². The van der Waals surface area contributed by atoms with Crippen molar-refractivity contribution in [1.29, 1.82) is 0 Å². The Kier molecular flexibility index (Phi) is 5.71. The summed E-state index contributed by atoms with van der Waals surface area (Å²) in [5.41, 5.74) is 0. The summed E-state index contributed by atoms with van der Waals surface area (Å²) in [6.07, 6.45) is -8.21. The second-order valence-corrected chi connectivity index (χ2v) is 5.82. The molecular formula is C19H22O10. The van der Waals surface area contributed by atoms with Gasteiger partial charge in [-0.2, -0.15) is 0 Å². The van der Waals surface area contributed by atoms with Crippen molar-refractivity contribution < 1.29 is 53.1 Å². The zero-order valence-corrected chi connectivity index (χ0v) is 16.0. The lowest BCUT2D eigenvalue weighted by Gasteiger charge is -2.43. The van der Waals surface area contributed by atoms with Crippen LogP contribution in [0.15, 0.2) is 30.2 Å². The SMILES string of the molecule is [2H]c1cc(O[C@@H]2O[C@@H](C(=O)OC)[C@H](OC(C)=O)[C@@H](OC(C)=O)[C@@H]2OC(C)=O)c([2H])c([2H])c1[2H]. The van der Waals surface area contributed by atoms with E-state index in [0.717, 1.165) is 33.9 Å². The lowest BCUT2D eigenvalue weighted by molar-refractivity contribution is -0.282. The predicted molar refractivity (Wildman–Crippen MR) is 94.4 cm³/mol. The van der Waals surface area contributed by atoms with Gasteiger partial charge >= 0.3 is 23.9 Å². The summed E-state index contributed by atoms with van der Waals surface area (Å²) in [7, 11) is 1.03. The van der Waals surface area contributed by atoms with Gasteiger partial charge in [0.25, 0.3) is 0 Å². The third-order valence-electron chi connectivity index (χ3n) is 3.60. The molecule has 29 heavy (non-hydrogen) atoms. The Labute approximate surface area is 172 Å². The smallest absolute Gasteiger partial charge is 0.339 e. The molecule has 2 rings (SSSR count). The molecule has 1 aromatic carbocycles. The van der Waals surface area contributed by atoms with Gasteiger partial charge in [0.2, 0.25) is 12.4 Å². The number of esters is 4. The van der Waals surface area contributed by atoms with E-state index in [-0.39, 0.29) is 0 Å². The van der Waals surface area contributed by atoms with Gasteiger partial charge in [-0.3, -0.25) is 14.4 Å². The maximum Gasteiger partial charge on any atom is 0.339 e. The summed E-state index contributed by atoms with van der Waals surface area (Å²) in [5, 5.41) is 0. The van der Waals surface area contributed by atoms with Crippen LogP contribution in [0.25, 0.3) is 0 Å². The van der Waals surface area contributed by atoms with E-state index in [1.165, 1.54) is 0 Å². The molecule has 1 saturated heterocycles. The molecule has 1 aromatic rings. The van der Waals surface area contributed by atoms with Gasteiger partial charge in [0, 0.05) is 20.8 Å². The minimum atomic E-state index is -1.73. The zero-order chi connectivity index (χ0) is 25.0. The molecule has 5 atom stereocenters. The number of methoxy groups -OCH3 is 1. The molecule has 1 aliphatic heterocycles. The van der Waals surface area contributed by atoms with Crippen molar-refractivity contribution in [2.75, 3.05) is 7.11 Å². The highest BCUT2D eigenvalue weighted by Crippen LogP contribution is 2.31. The van der Waals surface area contributed by atoms with Gasteiger partial charge in [-0.25, -0.2) is 4.79 Å². The van der Waals surface area contributed by atoms with E-state index in [9.17, 15) is 19.2 Å². The van der Waals surface area contributed by atoms with Gasteiger partial charge < -0.3 is 28.4 Å². The molecule has 0 aliphatic carbocycles. The number of ether oxygens (including phenoxy) is 6. The van der Waals surface area contributed by atoms with Crippen molar-refractivity contribution in [3.8, 4) is 5.75 Å². The molecule has 0 radical (unpaired) electrons. The maximum atomic E-state index is 12.4. The summed E-state index contributed by atoms with van der Waals surface area (Å²) in [4.78, 5) is 47.6. The van der Waals surface area contributed by atoms with Crippen LogP contribution in [0.4, 0.5) is 0 Å². The average molecular weight is 414 g/mol. The Hall–Kier alpha value is -3.14. The average Bonchev–Trinajstić information content (AvgIpc) is 2.72. The van der Waals surface area contributed by atoms with E-state index in [1.54, 1.807) is 0 Å². The lowest BCUT2D eigenvalue weighted by atomic mass is 9.97. The molecule has 0 N–H and O–H groups in total. The Balaban J connectivity index is 2.59. The van der Waals surface area contributed by atoms with Crippen LogP contribution in [-0.4, -0.2) is 61.7 Å². The predicted octanol–water partition coefficient (Wildman–Crippen LogP) is 0.758. The molecule has 158 valence electrons. The minimum Gasteiger partial charge on any atom is -0.467 e. The normalized spacial score (nSPS) is 27.9. The van der Waals surface area contributed by atoms with Crippen molar-refractivity contribution in [2.24, 2.45) is 0 Å². The fraction of sp³-hybridized carbons (Fsp3) is 0.474. The van der Waals surface area contributed by atoms with Crippen LogP contribution in [-0.2, 0) is 42.9 Å². The molecule has 1 aliphatic rings. The van der Waals surface area contributed by atoms with Gasteiger partial charge in [0.05, 0.1) is 12.6 Å². The fourth-order valence-electron chi connectivity index (χ4n) is 2.63. The molecule has 0 saturated carbocycles. The van der Waals surface area contributed by atoms with E-state index in [2.05, 4.69) is 4.74 Å². The van der Waals surface area contributed by atoms with Gasteiger partial charge in [0.1, 0.15) is 5.75 Å². The van der Waals surface area contributed by atoms with E-state index >= 15 is 0 Å². The van der Waals surface area contributed by atoms with Crippen LogP contribution in [0.1, 0.15) is 26.3 Å². The minimum absolute atomic E-state index is 0.403. The van der Waals surface area contributed by atoms with Crippen molar-refractivity contribution in [2.45, 2.75) is 51.5 Å². The Morgan fingerprint density at radius 3 is 2.07 bits per heavy atom. The summed E-state index contributed by atoms with van der Waals surface area (Å²) in [6, 6.07) is -1.19. The summed E-state index contributed by atoms with van der Waals surface area (Å²) < 4.78 is 62.4. The standard InChI is InChI=1S/C19H22O10/c1-10(20)25-14-15(26-11(2)21)17(27-12(3)22)19(29-16(14)18(23)24-4)28-13-8-6-5-7-9-13/h5-9,14-17,19H,1-4H3/t14-,15-,16-,17+,19-/m1/s1/i5D,6D,7D,8D. The van der Waals surface area contributed by atoms with Gasteiger partial charge in [-0.15, -0.1) is 0 Å². The molecule has 1 heterocycles. The van der Waals surface area contributed by atoms with Crippen molar-refractivity contribution in [3.63, 3.8) is 0 Å². The number of benzene rings is 1. The summed E-state index contributed by atoms with van der Waals surface area (Å²) in [5.74, 6) is -4.06. The highest BCUT2D eigenvalue weighted by atomic mass is 16.7. The van der Waals surface area contributed by atoms with Crippen LogP contribution in [0.2, 0.25) is 0 Å². The zero-order valence-electron chi connectivity index (χ0n) is 20.0. The first kappa shape index (κ1) is 16.8. The highest BCUT2D eigenvalue weighted by molar-refractivity contribution is 5.77. The third-order valence-corrected chi connectivity index (χ3v) is 3.60. The van der Waals surface area contributed by atoms with Crippen LogP contribution in [0.3, 0.4) is 0 Å². The van der Waals surface area contributed by atoms with Crippen LogP contribution in [0, 0.1) is 0 Å². The molecule has 0 spiro atoms. The number of para-hydroxylation sites is 1. The van der Waals surface area contributed by atoms with E-state index < -0.39 is 84.5 Å². The van der Waals surface area contributed by atoms with Gasteiger partial charge in [0.15, 0.2) is 18.3 Å². The fourth-order valence-corrected chi connectivity index (χ4v) is 2.63. The Bertz CT molecular complexity index is 953. The number of hydrogen-bond donors (Lipinski definition) is 0. The van der Waals surface area contributed by atoms with Gasteiger partial charge in [-0.1, -0.05) is 18.1 Å². The summed E-state index contributed by atoms with van der Waals surface area (Å²) >= 11 is 0. The largest absolute Gasteiger partial charge is 0.467 e. The molecule has 0 aromatic heterocycles. The monoisotopic (exact) mass is 414 g/mol. The molecule has 0 amide bonds. The van der Waals surface area contributed by atoms with Crippen LogP contribution in [0.5, 0.6) is 5.75 Å². The van der Waals surface area contributed by atoms with E-state index in [4.69, 9.17) is 29.2 Å². The number of carbonyl (C=O) groups is 4. The van der Waals surface area contributed by atoms with Crippen LogP contribution >= 0.6 is 0 Å². The number of hydrogen-bond acceptors (Lipinski definition) is 10. The van der Waals surface area contributed by atoms with Crippen molar-refractivity contribution in [3.05, 3.63) is 30.2 Å². The highest BCUT2D eigenvalue weighted by Gasteiger charge is 2.55. The number of rotatable bonds is 6. The Morgan fingerprint density at radius 2 is 1.48 bits per heavy atom. The second kappa shape index (κ2) is 9.87. The Morgan fingerprint density at radius 1 is 0.897 bits per heavy atom. The maximum absolute atomic E-state index is 12.4. The first-order valence-corrected chi connectivity index (χ1v) is 8.36. The molecule has 10 nitrogen and oxygen atoms in total. The van der Waals surface area contributed by atoms with Crippen molar-refractivity contribution >= 4 is 23.9 Å². The molecule has 0 unspecified atom stereocenters. The topological polar surface area (TPSA) is 124 Å². The first-order valence-electron chi connectivity index (χ1n) is 10.4. The lowest BCUT2D eigenvalue weighted by Crippen LogP contribution is -2.64. The van der Waals surface area contributed by atoms with Crippen LogP contribution < -0.4 is 4.74 Å². The van der Waals surface area contributed by atoms with Crippen molar-refractivity contribution in [1.82, 2.24) is 0 Å². The quantitative estimate of drug-likeness (QED) is 0.487. The van der Waals surface area contributed by atoms with E-state index in [1.807, 2.05) is 0 Å². The third kappa shape index (κ3) is 5.92. The molecule has 0 bridgehead atoms. The molecule has 10 heteroatoms.